The quantitative estimate of drug-likeness (QED) is 0.453. The van der Waals surface area contributed by atoms with Crippen molar-refractivity contribution in [1.82, 2.24) is 40.1 Å². The van der Waals surface area contributed by atoms with E-state index in [-0.39, 0.29) is 40.4 Å². The topological polar surface area (TPSA) is 107 Å². The van der Waals surface area contributed by atoms with Crippen LogP contribution in [0, 0.1) is 0 Å². The summed E-state index contributed by atoms with van der Waals surface area (Å²) >= 11 is 6.20. The molecule has 2 N–H and O–H groups in total. The molecular weight excluding hydrogens is 534 g/mol. The molecule has 5 rings (SSSR count). The van der Waals surface area contributed by atoms with Crippen molar-refractivity contribution in [3.63, 3.8) is 0 Å². The van der Waals surface area contributed by atoms with Gasteiger partial charge >= 0.3 is 6.61 Å². The minimum atomic E-state index is -3.07. The lowest BCUT2D eigenvalue weighted by Gasteiger charge is -2.38. The third-order valence-corrected chi connectivity index (χ3v) is 7.03. The van der Waals surface area contributed by atoms with Gasteiger partial charge in [0.25, 0.3) is 5.91 Å². The van der Waals surface area contributed by atoms with Gasteiger partial charge in [-0.2, -0.15) is 13.9 Å². The average Bonchev–Trinajstić information content (AvgIpc) is 3.50. The van der Waals surface area contributed by atoms with E-state index in [1.165, 1.54) is 33.9 Å². The molecule has 2 amide bonds. The van der Waals surface area contributed by atoms with Crippen LogP contribution in [0.25, 0.3) is 5.65 Å². The van der Waals surface area contributed by atoms with E-state index in [9.17, 15) is 18.4 Å². The summed E-state index contributed by atoms with van der Waals surface area (Å²) in [5.41, 5.74) is 4.25. The summed E-state index contributed by atoms with van der Waals surface area (Å²) in [6.07, 6.45) is 6.15. The fourth-order valence-corrected chi connectivity index (χ4v) is 4.78. The highest BCUT2D eigenvalue weighted by Gasteiger charge is 2.33. The normalized spacial score (nSPS) is 20.0. The summed E-state index contributed by atoms with van der Waals surface area (Å²) in [4.78, 5) is 34.6. The molecule has 1 fully saturated rings. The zero-order valence-electron chi connectivity index (χ0n) is 21.2. The maximum atomic E-state index is 13.3. The van der Waals surface area contributed by atoms with Crippen LogP contribution in [0.4, 0.5) is 8.78 Å². The molecule has 2 aliphatic rings. The summed E-state index contributed by atoms with van der Waals surface area (Å²) in [5.74, 6) is -0.751. The number of amides is 2. The molecule has 0 aliphatic carbocycles. The Morgan fingerprint density at radius 3 is 2.90 bits per heavy atom. The third kappa shape index (κ3) is 5.79. The zero-order chi connectivity index (χ0) is 27.7. The molecule has 4 heterocycles. The number of aromatic nitrogens is 3. The molecule has 2 unspecified atom stereocenters. The Balaban J connectivity index is 1.42. The van der Waals surface area contributed by atoms with Gasteiger partial charge in [-0.15, -0.1) is 0 Å². The molecule has 14 heteroatoms. The van der Waals surface area contributed by atoms with Crippen LogP contribution in [0.5, 0.6) is 5.75 Å². The van der Waals surface area contributed by atoms with Crippen LogP contribution < -0.4 is 15.5 Å². The van der Waals surface area contributed by atoms with Crippen molar-refractivity contribution in [2.75, 3.05) is 33.2 Å². The molecule has 2 aliphatic heterocycles. The largest absolute Gasteiger partial charge is 0.434 e. The number of piperazine rings is 1. The number of carbonyl (C=O) groups is 2. The van der Waals surface area contributed by atoms with Crippen LogP contribution in [0.1, 0.15) is 28.9 Å². The van der Waals surface area contributed by atoms with Crippen LogP contribution in [-0.2, 0) is 4.79 Å². The first-order chi connectivity index (χ1) is 18.7. The number of likely N-dealkylation sites (N-methyl/N-ethyl adjacent to an activating group) is 1. The van der Waals surface area contributed by atoms with E-state index < -0.39 is 18.6 Å². The van der Waals surface area contributed by atoms with Crippen molar-refractivity contribution in [3.8, 4) is 5.75 Å². The van der Waals surface area contributed by atoms with E-state index in [2.05, 4.69) is 32.6 Å². The van der Waals surface area contributed by atoms with Crippen molar-refractivity contribution >= 4 is 29.1 Å². The second-order valence-electron chi connectivity index (χ2n) is 9.40. The first-order valence-electron chi connectivity index (χ1n) is 12.3. The summed E-state index contributed by atoms with van der Waals surface area (Å²) in [6.45, 7) is 0.862. The molecule has 3 aromatic rings. The van der Waals surface area contributed by atoms with E-state index in [0.717, 1.165) is 6.54 Å². The summed E-state index contributed by atoms with van der Waals surface area (Å²) in [5, 5.41) is 8.77. The second-order valence-corrected chi connectivity index (χ2v) is 9.84. The molecule has 0 bridgehead atoms. The maximum absolute atomic E-state index is 13.3. The molecule has 39 heavy (non-hydrogen) atoms. The SMILES string of the molecule is CC1CN(C(=O)CN2C=C(NC(=O)c3cnn4cccnc34)C(c3cc(Cl)ccc3OC(F)F)N2)CCN1C. The van der Waals surface area contributed by atoms with Gasteiger partial charge in [-0.1, -0.05) is 11.6 Å². The lowest BCUT2D eigenvalue weighted by Crippen LogP contribution is -2.54. The standard InChI is InChI=1S/C25H27ClF2N8O3/c1-15-12-34(9-8-33(15)2)21(37)14-35-13-19(31-24(38)18-11-30-36-7-3-6-29-23(18)36)22(32-35)17-10-16(26)4-5-20(17)39-25(27)28/h3-7,10-11,13,15,22,25,32H,8-9,12,14H2,1-2H3,(H,31,38). The molecule has 2 atom stereocenters. The number of hydrogen-bond acceptors (Lipinski definition) is 8. The number of fused-ring (bicyclic) bond motifs is 1. The minimum Gasteiger partial charge on any atom is -0.434 e. The van der Waals surface area contributed by atoms with Crippen LogP contribution in [0.3, 0.4) is 0 Å². The average molecular weight is 561 g/mol. The molecule has 0 radical (unpaired) electrons. The summed E-state index contributed by atoms with van der Waals surface area (Å²) in [6, 6.07) is 5.28. The predicted molar refractivity (Wildman–Crippen MR) is 138 cm³/mol. The third-order valence-electron chi connectivity index (χ3n) is 6.80. The molecule has 2 aromatic heterocycles. The monoisotopic (exact) mass is 560 g/mol. The Hall–Kier alpha value is -3.81. The summed E-state index contributed by atoms with van der Waals surface area (Å²) in [7, 11) is 2.01. The van der Waals surface area contributed by atoms with E-state index in [1.54, 1.807) is 29.6 Å². The number of alkyl halides is 2. The number of nitrogens with zero attached hydrogens (tertiary/aromatic N) is 6. The Labute approximate surface area is 227 Å². The molecule has 206 valence electrons. The number of halogens is 3. The second kappa shape index (κ2) is 11.1. The molecular formula is C25H27ClF2N8O3. The van der Waals surface area contributed by atoms with Gasteiger partial charge in [-0.25, -0.2) is 14.9 Å². The van der Waals surface area contributed by atoms with Gasteiger partial charge in [0.15, 0.2) is 5.65 Å². The smallest absolute Gasteiger partial charge is 0.387 e. The molecule has 1 saturated heterocycles. The fraction of sp³-hybridized carbons (Fsp3) is 0.360. The van der Waals surface area contributed by atoms with Crippen molar-refractivity contribution < 1.29 is 23.1 Å². The van der Waals surface area contributed by atoms with Crippen molar-refractivity contribution in [1.29, 1.82) is 0 Å². The highest BCUT2D eigenvalue weighted by Crippen LogP contribution is 2.35. The van der Waals surface area contributed by atoms with E-state index in [1.807, 2.05) is 7.05 Å². The number of rotatable bonds is 7. The number of carbonyl (C=O) groups excluding carboxylic acids is 2. The van der Waals surface area contributed by atoms with Crippen LogP contribution >= 0.6 is 11.6 Å². The number of nitrogens with one attached hydrogen (secondary N) is 2. The first-order valence-corrected chi connectivity index (χ1v) is 12.6. The molecule has 11 nitrogen and oxygen atoms in total. The van der Waals surface area contributed by atoms with E-state index in [4.69, 9.17) is 16.3 Å². The summed E-state index contributed by atoms with van der Waals surface area (Å²) < 4.78 is 32.6. The molecule has 0 saturated carbocycles. The van der Waals surface area contributed by atoms with Crippen LogP contribution in [0.15, 0.2) is 54.8 Å². The van der Waals surface area contributed by atoms with Gasteiger partial charge in [0.2, 0.25) is 5.91 Å². The lowest BCUT2D eigenvalue weighted by atomic mass is 10.0. The minimum absolute atomic E-state index is 0.0455. The van der Waals surface area contributed by atoms with Gasteiger partial charge in [-0.05, 0) is 38.2 Å². The zero-order valence-corrected chi connectivity index (χ0v) is 22.0. The van der Waals surface area contributed by atoms with Gasteiger partial charge in [-0.3, -0.25) is 9.59 Å². The maximum Gasteiger partial charge on any atom is 0.387 e. The fourth-order valence-electron chi connectivity index (χ4n) is 4.60. The van der Waals surface area contributed by atoms with Crippen molar-refractivity contribution in [3.05, 3.63) is 70.9 Å². The van der Waals surface area contributed by atoms with Crippen molar-refractivity contribution in [2.24, 2.45) is 0 Å². The Morgan fingerprint density at radius 1 is 1.31 bits per heavy atom. The van der Waals surface area contributed by atoms with Gasteiger partial charge < -0.3 is 24.9 Å². The van der Waals surface area contributed by atoms with Gasteiger partial charge in [0, 0.05) is 54.9 Å². The number of hydrogen-bond donors (Lipinski definition) is 2. The van der Waals surface area contributed by atoms with Gasteiger partial charge in [0.1, 0.15) is 17.9 Å². The Kier molecular flexibility index (Phi) is 7.64. The Bertz CT molecular complexity index is 1420. The Morgan fingerprint density at radius 2 is 2.13 bits per heavy atom. The first kappa shape index (κ1) is 26.8. The number of ether oxygens (including phenoxy) is 1. The highest BCUT2D eigenvalue weighted by atomic mass is 35.5. The highest BCUT2D eigenvalue weighted by molar-refractivity contribution is 6.30. The molecule has 1 aromatic carbocycles. The number of hydrazine groups is 1. The predicted octanol–water partition coefficient (Wildman–Crippen LogP) is 2.28. The van der Waals surface area contributed by atoms with E-state index >= 15 is 0 Å². The van der Waals surface area contributed by atoms with Crippen molar-refractivity contribution in [2.45, 2.75) is 25.6 Å². The van der Waals surface area contributed by atoms with Crippen LogP contribution in [0.2, 0.25) is 5.02 Å². The lowest BCUT2D eigenvalue weighted by molar-refractivity contribution is -0.134. The van der Waals surface area contributed by atoms with Crippen LogP contribution in [-0.4, -0.2) is 87.1 Å². The molecule has 0 spiro atoms. The van der Waals surface area contributed by atoms with Gasteiger partial charge in [0.05, 0.1) is 17.9 Å². The number of benzene rings is 1. The van der Waals surface area contributed by atoms with E-state index in [0.29, 0.717) is 24.4 Å².